The maximum Gasteiger partial charge on any atom is 0.134 e. The first-order valence-corrected chi connectivity index (χ1v) is 7.28. The standard InChI is InChI=1S/C15H20N2O2S/c1-10-4-5-13(18-2)11(8-10)9-12(17-16)15-14(19-3)6-7-20-15/h4-8,12,17H,9,16H2,1-3H3. The van der Waals surface area contributed by atoms with Crippen LogP contribution in [0, 0.1) is 6.92 Å². The van der Waals surface area contributed by atoms with Gasteiger partial charge in [-0.05, 0) is 36.4 Å². The van der Waals surface area contributed by atoms with Crippen LogP contribution in [-0.2, 0) is 6.42 Å². The molecule has 0 spiro atoms. The first-order valence-electron chi connectivity index (χ1n) is 6.40. The number of methoxy groups -OCH3 is 2. The summed E-state index contributed by atoms with van der Waals surface area (Å²) in [6.45, 7) is 2.07. The predicted octanol–water partition coefficient (Wildman–Crippen LogP) is 2.82. The molecule has 0 aliphatic rings. The van der Waals surface area contributed by atoms with Crippen molar-refractivity contribution in [1.82, 2.24) is 5.43 Å². The second-order valence-corrected chi connectivity index (χ2v) is 5.54. The number of nitrogens with one attached hydrogen (secondary N) is 1. The summed E-state index contributed by atoms with van der Waals surface area (Å²) in [5, 5.41) is 2.01. The summed E-state index contributed by atoms with van der Waals surface area (Å²) in [6.07, 6.45) is 0.748. The highest BCUT2D eigenvalue weighted by Gasteiger charge is 2.18. The Morgan fingerprint density at radius 3 is 2.60 bits per heavy atom. The maximum absolute atomic E-state index is 5.73. The summed E-state index contributed by atoms with van der Waals surface area (Å²) in [7, 11) is 3.36. The third kappa shape index (κ3) is 3.12. The van der Waals surface area contributed by atoms with Gasteiger partial charge < -0.3 is 9.47 Å². The first kappa shape index (κ1) is 14.8. The van der Waals surface area contributed by atoms with Crippen LogP contribution in [-0.4, -0.2) is 14.2 Å². The molecule has 0 saturated heterocycles. The van der Waals surface area contributed by atoms with Crippen LogP contribution in [0.15, 0.2) is 29.6 Å². The number of hydrogen-bond acceptors (Lipinski definition) is 5. The molecule has 0 amide bonds. The molecule has 0 radical (unpaired) electrons. The van der Waals surface area contributed by atoms with E-state index < -0.39 is 0 Å². The van der Waals surface area contributed by atoms with Gasteiger partial charge in [0.1, 0.15) is 11.5 Å². The van der Waals surface area contributed by atoms with Crippen LogP contribution in [0.4, 0.5) is 0 Å². The van der Waals surface area contributed by atoms with E-state index in [4.69, 9.17) is 15.3 Å². The molecule has 1 heterocycles. The lowest BCUT2D eigenvalue weighted by Gasteiger charge is -2.18. The zero-order chi connectivity index (χ0) is 14.5. The summed E-state index contributed by atoms with van der Waals surface area (Å²) in [5.74, 6) is 7.47. The van der Waals surface area contributed by atoms with Gasteiger partial charge in [-0.2, -0.15) is 0 Å². The van der Waals surface area contributed by atoms with Crippen molar-refractivity contribution in [3.8, 4) is 11.5 Å². The molecule has 0 bridgehead atoms. The number of rotatable bonds is 6. The normalized spacial score (nSPS) is 12.2. The van der Waals surface area contributed by atoms with Crippen LogP contribution in [0.3, 0.4) is 0 Å². The van der Waals surface area contributed by atoms with Crippen molar-refractivity contribution in [1.29, 1.82) is 0 Å². The molecule has 108 valence electrons. The van der Waals surface area contributed by atoms with E-state index in [1.807, 2.05) is 23.6 Å². The average molecular weight is 292 g/mol. The van der Waals surface area contributed by atoms with E-state index in [0.29, 0.717) is 0 Å². The zero-order valence-corrected chi connectivity index (χ0v) is 12.8. The zero-order valence-electron chi connectivity index (χ0n) is 12.0. The van der Waals surface area contributed by atoms with E-state index >= 15 is 0 Å². The van der Waals surface area contributed by atoms with E-state index in [1.54, 1.807) is 25.6 Å². The highest BCUT2D eigenvalue weighted by atomic mass is 32.1. The van der Waals surface area contributed by atoms with Crippen LogP contribution >= 0.6 is 11.3 Å². The van der Waals surface area contributed by atoms with Crippen molar-refractivity contribution in [3.63, 3.8) is 0 Å². The van der Waals surface area contributed by atoms with Gasteiger partial charge in [0.15, 0.2) is 0 Å². The maximum atomic E-state index is 5.73. The molecule has 0 fully saturated rings. The molecule has 2 rings (SSSR count). The topological polar surface area (TPSA) is 56.5 Å². The number of benzene rings is 1. The van der Waals surface area contributed by atoms with Crippen molar-refractivity contribution in [2.24, 2.45) is 5.84 Å². The van der Waals surface area contributed by atoms with Crippen LogP contribution in [0.25, 0.3) is 0 Å². The van der Waals surface area contributed by atoms with Crippen LogP contribution in [0.5, 0.6) is 11.5 Å². The number of hydrazine groups is 1. The molecule has 0 aliphatic heterocycles. The second-order valence-electron chi connectivity index (χ2n) is 4.59. The molecule has 2 aromatic rings. The number of nitrogens with two attached hydrogens (primary N) is 1. The molecule has 1 unspecified atom stereocenters. The van der Waals surface area contributed by atoms with Gasteiger partial charge in [-0.1, -0.05) is 17.7 Å². The molecule has 1 atom stereocenters. The summed E-state index contributed by atoms with van der Waals surface area (Å²) >= 11 is 1.64. The molecule has 0 saturated carbocycles. The predicted molar refractivity (Wildman–Crippen MR) is 82.4 cm³/mol. The number of aryl methyl sites for hydroxylation is 1. The van der Waals surface area contributed by atoms with Gasteiger partial charge in [0, 0.05) is 0 Å². The fourth-order valence-corrected chi connectivity index (χ4v) is 3.17. The van der Waals surface area contributed by atoms with Gasteiger partial charge in [0.05, 0.1) is 25.1 Å². The summed E-state index contributed by atoms with van der Waals surface area (Å²) < 4.78 is 10.8. The van der Waals surface area contributed by atoms with E-state index in [9.17, 15) is 0 Å². The Kier molecular flexibility index (Phi) is 5.00. The molecule has 5 heteroatoms. The minimum absolute atomic E-state index is 0.000602. The Labute approximate surface area is 123 Å². The molecule has 3 N–H and O–H groups in total. The lowest BCUT2D eigenvalue weighted by molar-refractivity contribution is 0.396. The highest BCUT2D eigenvalue weighted by molar-refractivity contribution is 7.10. The summed E-state index contributed by atoms with van der Waals surface area (Å²) in [5.41, 5.74) is 5.21. The number of hydrogen-bond donors (Lipinski definition) is 2. The van der Waals surface area contributed by atoms with Gasteiger partial charge in [-0.3, -0.25) is 11.3 Å². The SMILES string of the molecule is COc1ccc(C)cc1CC(NN)c1sccc1OC. The molecule has 1 aromatic heterocycles. The smallest absolute Gasteiger partial charge is 0.134 e. The van der Waals surface area contributed by atoms with E-state index in [-0.39, 0.29) is 6.04 Å². The molecular weight excluding hydrogens is 272 g/mol. The average Bonchev–Trinajstić information content (AvgIpc) is 2.93. The Hall–Kier alpha value is -1.56. The van der Waals surface area contributed by atoms with E-state index in [1.165, 1.54) is 5.56 Å². The molecule has 0 aliphatic carbocycles. The van der Waals surface area contributed by atoms with Gasteiger partial charge >= 0.3 is 0 Å². The fraction of sp³-hybridized carbons (Fsp3) is 0.333. The third-order valence-electron chi connectivity index (χ3n) is 3.25. The van der Waals surface area contributed by atoms with Gasteiger partial charge in [-0.15, -0.1) is 11.3 Å². The van der Waals surface area contributed by atoms with Gasteiger partial charge in [-0.25, -0.2) is 0 Å². The Morgan fingerprint density at radius 2 is 1.95 bits per heavy atom. The summed E-state index contributed by atoms with van der Waals surface area (Å²) in [4.78, 5) is 1.10. The second kappa shape index (κ2) is 6.74. The monoisotopic (exact) mass is 292 g/mol. The minimum atomic E-state index is 0.000602. The van der Waals surface area contributed by atoms with Crippen molar-refractivity contribution >= 4 is 11.3 Å². The van der Waals surface area contributed by atoms with E-state index in [2.05, 4.69) is 18.4 Å². The van der Waals surface area contributed by atoms with Crippen LogP contribution in [0.2, 0.25) is 0 Å². The molecule has 20 heavy (non-hydrogen) atoms. The van der Waals surface area contributed by atoms with E-state index in [0.717, 1.165) is 28.4 Å². The molecular formula is C15H20N2O2S. The van der Waals surface area contributed by atoms with Crippen molar-refractivity contribution < 1.29 is 9.47 Å². The van der Waals surface area contributed by atoms with Crippen LogP contribution in [0.1, 0.15) is 22.0 Å². The van der Waals surface area contributed by atoms with Crippen LogP contribution < -0.4 is 20.7 Å². The van der Waals surface area contributed by atoms with Crippen molar-refractivity contribution in [2.45, 2.75) is 19.4 Å². The molecule has 1 aromatic carbocycles. The molecule has 4 nitrogen and oxygen atoms in total. The lowest BCUT2D eigenvalue weighted by Crippen LogP contribution is -2.29. The summed E-state index contributed by atoms with van der Waals surface area (Å²) in [6, 6.07) is 8.12. The Bertz CT molecular complexity index is 569. The van der Waals surface area contributed by atoms with Gasteiger partial charge in [0.2, 0.25) is 0 Å². The third-order valence-corrected chi connectivity index (χ3v) is 4.27. The first-order chi connectivity index (χ1) is 9.69. The Balaban J connectivity index is 2.29. The highest BCUT2D eigenvalue weighted by Crippen LogP contribution is 2.34. The number of thiophene rings is 1. The van der Waals surface area contributed by atoms with Crippen molar-refractivity contribution in [3.05, 3.63) is 45.6 Å². The quantitative estimate of drug-likeness (QED) is 0.635. The lowest BCUT2D eigenvalue weighted by atomic mass is 10.0. The number of ether oxygens (including phenoxy) is 2. The largest absolute Gasteiger partial charge is 0.496 e. The fourth-order valence-electron chi connectivity index (χ4n) is 2.25. The van der Waals surface area contributed by atoms with Crippen molar-refractivity contribution in [2.75, 3.05) is 14.2 Å². The van der Waals surface area contributed by atoms with Gasteiger partial charge in [0.25, 0.3) is 0 Å². The Morgan fingerprint density at radius 1 is 1.20 bits per heavy atom. The minimum Gasteiger partial charge on any atom is -0.496 e.